The third kappa shape index (κ3) is 3.38. The van der Waals surface area contributed by atoms with E-state index in [9.17, 15) is 4.79 Å². The molecule has 1 aliphatic rings. The van der Waals surface area contributed by atoms with Gasteiger partial charge in [-0.2, -0.15) is 0 Å². The molecule has 2 rings (SSSR count). The van der Waals surface area contributed by atoms with Gasteiger partial charge in [0.25, 0.3) is 0 Å². The molecule has 20 heavy (non-hydrogen) atoms. The Morgan fingerprint density at radius 2 is 2.10 bits per heavy atom. The van der Waals surface area contributed by atoms with Crippen molar-refractivity contribution < 1.29 is 4.79 Å². The van der Waals surface area contributed by atoms with Gasteiger partial charge in [-0.3, -0.25) is 4.79 Å². The van der Waals surface area contributed by atoms with Crippen molar-refractivity contribution in [3.05, 3.63) is 35.9 Å². The zero-order valence-electron chi connectivity index (χ0n) is 12.5. The van der Waals surface area contributed by atoms with Gasteiger partial charge in [-0.05, 0) is 32.5 Å². The van der Waals surface area contributed by atoms with Crippen LogP contribution >= 0.6 is 0 Å². The van der Waals surface area contributed by atoms with Crippen LogP contribution in [0.4, 0.5) is 0 Å². The molecule has 0 radical (unpaired) electrons. The zero-order valence-corrected chi connectivity index (χ0v) is 12.5. The number of carbonyl (C=O) groups excluding carboxylic acids is 1. The smallest absolute Gasteiger partial charge is 0.231 e. The highest BCUT2D eigenvalue weighted by molar-refractivity contribution is 5.84. The van der Waals surface area contributed by atoms with E-state index in [4.69, 9.17) is 5.73 Å². The molecule has 1 amide bonds. The van der Waals surface area contributed by atoms with E-state index in [1.807, 2.05) is 35.2 Å². The van der Waals surface area contributed by atoms with Crippen LogP contribution in [0.25, 0.3) is 0 Å². The van der Waals surface area contributed by atoms with Gasteiger partial charge in [-0.1, -0.05) is 30.3 Å². The predicted octanol–water partition coefficient (Wildman–Crippen LogP) is 1.28. The van der Waals surface area contributed by atoms with Gasteiger partial charge in [-0.15, -0.1) is 0 Å². The summed E-state index contributed by atoms with van der Waals surface area (Å²) in [5.74, 6) is -0.0395. The Labute approximate surface area is 121 Å². The van der Waals surface area contributed by atoms with Crippen molar-refractivity contribution in [3.8, 4) is 0 Å². The topological polar surface area (TPSA) is 49.6 Å². The average molecular weight is 275 g/mol. The first-order valence-electron chi connectivity index (χ1n) is 7.33. The molecule has 2 N–H and O–H groups in total. The normalized spacial score (nSPS) is 21.0. The number of benzene rings is 1. The summed E-state index contributed by atoms with van der Waals surface area (Å²) in [7, 11) is 4.16. The van der Waals surface area contributed by atoms with Gasteiger partial charge in [0.1, 0.15) is 0 Å². The second-order valence-corrected chi connectivity index (χ2v) is 5.74. The van der Waals surface area contributed by atoms with Crippen molar-refractivity contribution in [2.45, 2.75) is 24.8 Å². The summed E-state index contributed by atoms with van der Waals surface area (Å²) in [6.07, 6.45) is 2.23. The third-order valence-electron chi connectivity index (χ3n) is 4.17. The number of nitrogens with zero attached hydrogens (tertiary/aromatic N) is 2. The van der Waals surface area contributed by atoms with Gasteiger partial charge < -0.3 is 15.5 Å². The van der Waals surface area contributed by atoms with Crippen LogP contribution in [0, 0.1) is 0 Å². The van der Waals surface area contributed by atoms with Crippen LogP contribution in [0.2, 0.25) is 0 Å². The Kier molecular flexibility index (Phi) is 5.15. The van der Waals surface area contributed by atoms with Crippen LogP contribution in [0.3, 0.4) is 0 Å². The zero-order chi connectivity index (χ0) is 14.5. The Morgan fingerprint density at radius 1 is 1.40 bits per heavy atom. The Morgan fingerprint density at radius 3 is 2.70 bits per heavy atom. The van der Waals surface area contributed by atoms with Crippen LogP contribution in [0.15, 0.2) is 30.3 Å². The third-order valence-corrected chi connectivity index (χ3v) is 4.17. The maximum Gasteiger partial charge on any atom is 0.231 e. The maximum absolute atomic E-state index is 12.7. The average Bonchev–Trinajstić information content (AvgIpc) is 2.49. The molecule has 0 saturated carbocycles. The maximum atomic E-state index is 12.7. The molecule has 0 unspecified atom stereocenters. The molecule has 0 spiro atoms. The molecule has 1 fully saturated rings. The van der Waals surface area contributed by atoms with Gasteiger partial charge in [0.15, 0.2) is 0 Å². The predicted molar refractivity (Wildman–Crippen MR) is 81.5 cm³/mol. The molecule has 0 bridgehead atoms. The van der Waals surface area contributed by atoms with E-state index in [1.165, 1.54) is 0 Å². The SMILES string of the molecule is CN(C)[C@@H]1CCCN(C(=O)[C@@H](CN)c2ccccc2)C1. The first-order valence-corrected chi connectivity index (χ1v) is 7.33. The van der Waals surface area contributed by atoms with Crippen molar-refractivity contribution in [1.82, 2.24) is 9.80 Å². The van der Waals surface area contributed by atoms with E-state index in [0.29, 0.717) is 12.6 Å². The lowest BCUT2D eigenvalue weighted by Crippen LogP contribution is -2.49. The molecule has 4 heteroatoms. The van der Waals surface area contributed by atoms with Crippen molar-refractivity contribution in [1.29, 1.82) is 0 Å². The van der Waals surface area contributed by atoms with E-state index in [-0.39, 0.29) is 11.8 Å². The van der Waals surface area contributed by atoms with Gasteiger partial charge >= 0.3 is 0 Å². The molecule has 2 atom stereocenters. The van der Waals surface area contributed by atoms with E-state index in [0.717, 1.165) is 31.5 Å². The molecule has 1 aliphatic heterocycles. The molecule has 1 saturated heterocycles. The van der Waals surface area contributed by atoms with Crippen LogP contribution in [-0.4, -0.2) is 55.5 Å². The van der Waals surface area contributed by atoms with E-state index < -0.39 is 0 Å². The number of likely N-dealkylation sites (N-methyl/N-ethyl adjacent to an activating group) is 1. The van der Waals surface area contributed by atoms with E-state index >= 15 is 0 Å². The minimum Gasteiger partial charge on any atom is -0.341 e. The number of likely N-dealkylation sites (tertiary alicyclic amines) is 1. The lowest BCUT2D eigenvalue weighted by atomic mass is 9.95. The molecule has 1 aromatic rings. The summed E-state index contributed by atoms with van der Waals surface area (Å²) < 4.78 is 0. The molecular weight excluding hydrogens is 250 g/mol. The summed E-state index contributed by atoms with van der Waals surface area (Å²) in [6, 6.07) is 10.3. The molecule has 4 nitrogen and oxygen atoms in total. The van der Waals surface area contributed by atoms with Crippen LogP contribution in [0.1, 0.15) is 24.3 Å². The Bertz CT molecular complexity index is 433. The highest BCUT2D eigenvalue weighted by Gasteiger charge is 2.29. The molecule has 1 heterocycles. The fraction of sp³-hybridized carbons (Fsp3) is 0.562. The quantitative estimate of drug-likeness (QED) is 0.900. The van der Waals surface area contributed by atoms with Crippen LogP contribution < -0.4 is 5.73 Å². The van der Waals surface area contributed by atoms with Gasteiger partial charge in [0.2, 0.25) is 5.91 Å². The largest absolute Gasteiger partial charge is 0.341 e. The number of piperidine rings is 1. The lowest BCUT2D eigenvalue weighted by molar-refractivity contribution is -0.134. The first kappa shape index (κ1) is 15.0. The van der Waals surface area contributed by atoms with Crippen LogP contribution in [0.5, 0.6) is 0 Å². The first-order chi connectivity index (χ1) is 9.63. The second kappa shape index (κ2) is 6.86. The summed E-state index contributed by atoms with van der Waals surface area (Å²) in [5, 5.41) is 0. The highest BCUT2D eigenvalue weighted by Crippen LogP contribution is 2.21. The minimum atomic E-state index is -0.211. The summed E-state index contributed by atoms with van der Waals surface area (Å²) >= 11 is 0. The summed E-state index contributed by atoms with van der Waals surface area (Å²) in [4.78, 5) is 16.9. The number of amides is 1. The van der Waals surface area contributed by atoms with Crippen molar-refractivity contribution >= 4 is 5.91 Å². The minimum absolute atomic E-state index is 0.172. The Balaban J connectivity index is 2.09. The lowest BCUT2D eigenvalue weighted by Gasteiger charge is -2.37. The highest BCUT2D eigenvalue weighted by atomic mass is 16.2. The number of carbonyl (C=O) groups is 1. The van der Waals surface area contributed by atoms with E-state index in [1.54, 1.807) is 0 Å². The Hall–Kier alpha value is -1.39. The van der Waals surface area contributed by atoms with Crippen molar-refractivity contribution in [3.63, 3.8) is 0 Å². The summed E-state index contributed by atoms with van der Waals surface area (Å²) in [5.41, 5.74) is 6.87. The molecule has 1 aromatic carbocycles. The fourth-order valence-electron chi connectivity index (χ4n) is 2.86. The fourth-order valence-corrected chi connectivity index (χ4v) is 2.86. The van der Waals surface area contributed by atoms with Gasteiger partial charge in [0, 0.05) is 25.7 Å². The molecular formula is C16H25N3O. The van der Waals surface area contributed by atoms with E-state index in [2.05, 4.69) is 19.0 Å². The monoisotopic (exact) mass is 275 g/mol. The number of hydrogen-bond acceptors (Lipinski definition) is 3. The number of nitrogens with two attached hydrogens (primary N) is 1. The van der Waals surface area contributed by atoms with Gasteiger partial charge in [0.05, 0.1) is 5.92 Å². The molecule has 0 aromatic heterocycles. The van der Waals surface area contributed by atoms with Crippen LogP contribution in [-0.2, 0) is 4.79 Å². The van der Waals surface area contributed by atoms with Gasteiger partial charge in [-0.25, -0.2) is 0 Å². The van der Waals surface area contributed by atoms with Crippen molar-refractivity contribution in [2.75, 3.05) is 33.7 Å². The molecule has 110 valence electrons. The van der Waals surface area contributed by atoms with Crippen molar-refractivity contribution in [2.24, 2.45) is 5.73 Å². The second-order valence-electron chi connectivity index (χ2n) is 5.74. The molecule has 0 aliphatic carbocycles. The summed E-state index contributed by atoms with van der Waals surface area (Å²) in [6.45, 7) is 2.04. The number of hydrogen-bond donors (Lipinski definition) is 1. The number of rotatable bonds is 4. The standard InChI is InChI=1S/C16H25N3O/c1-18(2)14-9-6-10-19(12-14)16(20)15(11-17)13-7-4-3-5-8-13/h3-5,7-8,14-15H,6,9-12,17H2,1-2H3/t14-,15+/m1/s1.